The van der Waals surface area contributed by atoms with Crippen LogP contribution in [0.5, 0.6) is 5.75 Å². The van der Waals surface area contributed by atoms with Crippen molar-refractivity contribution in [3.63, 3.8) is 0 Å². The molecule has 2 rings (SSSR count). The van der Waals surface area contributed by atoms with Crippen LogP contribution in [0.25, 0.3) is 0 Å². The van der Waals surface area contributed by atoms with Gasteiger partial charge in [0.05, 0.1) is 11.9 Å². The van der Waals surface area contributed by atoms with Crippen LogP contribution in [0.2, 0.25) is 5.02 Å². The summed E-state index contributed by atoms with van der Waals surface area (Å²) in [6, 6.07) is 11.9. The van der Waals surface area contributed by atoms with E-state index < -0.39 is 0 Å². The third kappa shape index (κ3) is 3.33. The number of hydrogen-bond donors (Lipinski definition) is 0. The lowest BCUT2D eigenvalue weighted by Gasteiger charge is -2.17. The van der Waals surface area contributed by atoms with Crippen molar-refractivity contribution in [2.24, 2.45) is 0 Å². The van der Waals surface area contributed by atoms with Crippen LogP contribution < -0.4 is 4.74 Å². The Hall–Kier alpha value is -0.510. The predicted molar refractivity (Wildman–Crippen MR) is 87.7 cm³/mol. The molecular weight excluding hydrogens is 391 g/mol. The van der Waals surface area contributed by atoms with Gasteiger partial charge in [0.25, 0.3) is 0 Å². The fraction of sp³-hybridized carbons (Fsp3) is 0.200. The molecule has 19 heavy (non-hydrogen) atoms. The molecular formula is C15H13Br2ClO. The summed E-state index contributed by atoms with van der Waals surface area (Å²) >= 11 is 13.3. The molecule has 0 heterocycles. The van der Waals surface area contributed by atoms with Crippen LogP contribution in [0.15, 0.2) is 40.9 Å². The van der Waals surface area contributed by atoms with Crippen LogP contribution in [0.1, 0.15) is 21.5 Å². The highest BCUT2D eigenvalue weighted by Gasteiger charge is 2.17. The number of halogens is 3. The molecule has 2 aromatic rings. The van der Waals surface area contributed by atoms with Crippen LogP contribution >= 0.6 is 43.5 Å². The highest BCUT2D eigenvalue weighted by Crippen LogP contribution is 2.39. The molecule has 0 aliphatic carbocycles. The molecule has 0 amide bonds. The minimum absolute atomic E-state index is 0.0502. The molecule has 0 saturated carbocycles. The Kier molecular flexibility index (Phi) is 4.93. The number of methoxy groups -OCH3 is 1. The van der Waals surface area contributed by atoms with E-state index in [9.17, 15) is 0 Å². The number of ether oxygens (including phenoxy) is 1. The first kappa shape index (κ1) is 14.9. The van der Waals surface area contributed by atoms with Crippen LogP contribution in [-0.4, -0.2) is 7.11 Å². The molecule has 0 aromatic heterocycles. The second-order valence-electron chi connectivity index (χ2n) is 4.25. The smallest absolute Gasteiger partial charge is 0.123 e. The summed E-state index contributed by atoms with van der Waals surface area (Å²) in [5, 5.41) is 0.704. The second-order valence-corrected chi connectivity index (χ2v) is 6.52. The van der Waals surface area contributed by atoms with Gasteiger partial charge in [-0.25, -0.2) is 0 Å². The van der Waals surface area contributed by atoms with E-state index in [2.05, 4.69) is 50.9 Å². The monoisotopic (exact) mass is 402 g/mol. The largest absolute Gasteiger partial charge is 0.496 e. The number of aryl methyl sites for hydroxylation is 1. The molecule has 0 bridgehead atoms. The third-order valence-corrected chi connectivity index (χ3v) is 4.68. The van der Waals surface area contributed by atoms with E-state index in [1.807, 2.05) is 24.3 Å². The Bertz CT molecular complexity index is 599. The number of alkyl halides is 1. The molecule has 1 nitrogen and oxygen atoms in total. The Morgan fingerprint density at radius 1 is 1.11 bits per heavy atom. The van der Waals surface area contributed by atoms with E-state index in [1.165, 1.54) is 11.1 Å². The number of benzene rings is 2. The highest BCUT2D eigenvalue weighted by atomic mass is 79.9. The summed E-state index contributed by atoms with van der Waals surface area (Å²) in [6.07, 6.45) is 0. The van der Waals surface area contributed by atoms with Crippen molar-refractivity contribution in [3.8, 4) is 5.75 Å². The summed E-state index contributed by atoms with van der Waals surface area (Å²) in [4.78, 5) is 0.0502. The van der Waals surface area contributed by atoms with Gasteiger partial charge in [0.2, 0.25) is 0 Å². The Morgan fingerprint density at radius 2 is 1.84 bits per heavy atom. The van der Waals surface area contributed by atoms with E-state index in [-0.39, 0.29) is 4.83 Å². The molecule has 1 unspecified atom stereocenters. The standard InChI is InChI=1S/C15H13Br2ClO/c1-9-7-10(16)3-5-12(9)15(17)13-8-11(18)4-6-14(13)19-2/h3-8,15H,1-2H3. The van der Waals surface area contributed by atoms with Crippen molar-refractivity contribution in [1.29, 1.82) is 0 Å². The van der Waals surface area contributed by atoms with Gasteiger partial charge in [-0.1, -0.05) is 49.5 Å². The van der Waals surface area contributed by atoms with Gasteiger partial charge in [0.1, 0.15) is 5.75 Å². The topological polar surface area (TPSA) is 9.23 Å². The summed E-state index contributed by atoms with van der Waals surface area (Å²) in [7, 11) is 1.67. The first-order valence-electron chi connectivity index (χ1n) is 5.76. The maximum atomic E-state index is 6.09. The van der Waals surface area contributed by atoms with Gasteiger partial charge in [-0.15, -0.1) is 0 Å². The highest BCUT2D eigenvalue weighted by molar-refractivity contribution is 9.10. The van der Waals surface area contributed by atoms with Gasteiger partial charge in [0, 0.05) is 15.1 Å². The maximum Gasteiger partial charge on any atom is 0.123 e. The molecule has 1 atom stereocenters. The van der Waals surface area contributed by atoms with Crippen molar-refractivity contribution >= 4 is 43.5 Å². The van der Waals surface area contributed by atoms with Crippen LogP contribution in [0, 0.1) is 6.92 Å². The summed E-state index contributed by atoms with van der Waals surface area (Å²) in [6.45, 7) is 2.09. The molecule has 0 spiro atoms. The predicted octanol–water partition coefficient (Wildman–Crippen LogP) is 5.90. The van der Waals surface area contributed by atoms with E-state index in [4.69, 9.17) is 16.3 Å². The summed E-state index contributed by atoms with van der Waals surface area (Å²) in [5.74, 6) is 0.827. The quantitative estimate of drug-likeness (QED) is 0.579. The summed E-state index contributed by atoms with van der Waals surface area (Å²) < 4.78 is 6.48. The Balaban J connectivity index is 2.49. The van der Waals surface area contributed by atoms with Gasteiger partial charge in [-0.3, -0.25) is 0 Å². The van der Waals surface area contributed by atoms with Gasteiger partial charge in [-0.05, 0) is 48.4 Å². The average molecular weight is 405 g/mol. The van der Waals surface area contributed by atoms with E-state index in [0.717, 1.165) is 15.8 Å². The van der Waals surface area contributed by atoms with Crippen LogP contribution in [0.4, 0.5) is 0 Å². The SMILES string of the molecule is COc1ccc(Cl)cc1C(Br)c1ccc(Br)cc1C. The minimum atomic E-state index is 0.0502. The van der Waals surface area contributed by atoms with Crippen molar-refractivity contribution in [2.45, 2.75) is 11.8 Å². The number of rotatable bonds is 3. The first-order chi connectivity index (χ1) is 9.02. The van der Waals surface area contributed by atoms with Crippen LogP contribution in [0.3, 0.4) is 0 Å². The molecule has 0 radical (unpaired) electrons. The average Bonchev–Trinajstić information content (AvgIpc) is 2.38. The lowest BCUT2D eigenvalue weighted by Crippen LogP contribution is -1.99. The normalized spacial score (nSPS) is 12.3. The van der Waals surface area contributed by atoms with Gasteiger partial charge in [0.15, 0.2) is 0 Å². The molecule has 2 aromatic carbocycles. The van der Waals surface area contributed by atoms with Crippen molar-refractivity contribution in [3.05, 3.63) is 62.6 Å². The maximum absolute atomic E-state index is 6.09. The molecule has 0 aliphatic rings. The fourth-order valence-corrected chi connectivity index (χ4v) is 3.52. The minimum Gasteiger partial charge on any atom is -0.496 e. The Labute approximate surface area is 135 Å². The van der Waals surface area contributed by atoms with Crippen LogP contribution in [-0.2, 0) is 0 Å². The van der Waals surface area contributed by atoms with E-state index >= 15 is 0 Å². The first-order valence-corrected chi connectivity index (χ1v) is 7.85. The van der Waals surface area contributed by atoms with Gasteiger partial charge >= 0.3 is 0 Å². The molecule has 0 N–H and O–H groups in total. The summed E-state index contributed by atoms with van der Waals surface area (Å²) in [5.41, 5.74) is 3.43. The van der Waals surface area contributed by atoms with Gasteiger partial charge < -0.3 is 4.74 Å². The number of hydrogen-bond acceptors (Lipinski definition) is 1. The molecule has 4 heteroatoms. The van der Waals surface area contributed by atoms with Crippen molar-refractivity contribution in [1.82, 2.24) is 0 Å². The lowest BCUT2D eigenvalue weighted by molar-refractivity contribution is 0.410. The molecule has 100 valence electrons. The Morgan fingerprint density at radius 3 is 2.47 bits per heavy atom. The zero-order valence-electron chi connectivity index (χ0n) is 10.6. The van der Waals surface area contributed by atoms with E-state index in [0.29, 0.717) is 5.02 Å². The zero-order chi connectivity index (χ0) is 14.0. The molecule has 0 saturated heterocycles. The van der Waals surface area contributed by atoms with E-state index in [1.54, 1.807) is 7.11 Å². The fourth-order valence-electron chi connectivity index (χ4n) is 1.99. The third-order valence-electron chi connectivity index (χ3n) is 2.97. The second kappa shape index (κ2) is 6.29. The van der Waals surface area contributed by atoms with Gasteiger partial charge in [-0.2, -0.15) is 0 Å². The zero-order valence-corrected chi connectivity index (χ0v) is 14.5. The molecule has 0 fully saturated rings. The molecule has 0 aliphatic heterocycles. The van der Waals surface area contributed by atoms with Crippen molar-refractivity contribution in [2.75, 3.05) is 7.11 Å². The van der Waals surface area contributed by atoms with Crippen molar-refractivity contribution < 1.29 is 4.74 Å². The lowest BCUT2D eigenvalue weighted by atomic mass is 10.00.